The number of carbonyl (C=O) groups is 2. The van der Waals surface area contributed by atoms with Crippen molar-refractivity contribution in [1.29, 1.82) is 0 Å². The summed E-state index contributed by atoms with van der Waals surface area (Å²) in [6.07, 6.45) is 3.33. The summed E-state index contributed by atoms with van der Waals surface area (Å²) in [6.45, 7) is 1.88. The van der Waals surface area contributed by atoms with Gasteiger partial charge >= 0.3 is 0 Å². The molecule has 8 heteroatoms. The number of nitrogens with one attached hydrogen (secondary N) is 2. The fraction of sp³-hybridized carbons (Fsp3) is 0.312. The topological polar surface area (TPSA) is 111 Å². The number of methoxy groups -OCH3 is 1. The zero-order chi connectivity index (χ0) is 17.5. The van der Waals surface area contributed by atoms with E-state index in [1.165, 1.54) is 7.11 Å². The maximum absolute atomic E-state index is 12.2. The van der Waals surface area contributed by atoms with Crippen LogP contribution in [0.5, 0.6) is 0 Å². The molecule has 0 radical (unpaired) electrons. The van der Waals surface area contributed by atoms with E-state index in [2.05, 4.69) is 15.7 Å². The first-order valence-corrected chi connectivity index (χ1v) is 7.46. The van der Waals surface area contributed by atoms with Crippen LogP contribution in [0, 0.1) is 0 Å². The molecule has 0 bridgehead atoms. The number of benzene rings is 1. The van der Waals surface area contributed by atoms with Gasteiger partial charge in [0.05, 0.1) is 6.61 Å². The highest BCUT2D eigenvalue weighted by Gasteiger charge is 2.16. The Labute approximate surface area is 140 Å². The highest BCUT2D eigenvalue weighted by molar-refractivity contribution is 5.97. The summed E-state index contributed by atoms with van der Waals surface area (Å²) in [5.74, 6) is -0.566. The third-order valence-corrected chi connectivity index (χ3v) is 3.38. The van der Waals surface area contributed by atoms with Crippen molar-refractivity contribution >= 4 is 23.2 Å². The lowest BCUT2D eigenvalue weighted by atomic mass is 10.2. The minimum atomic E-state index is -0.756. The minimum Gasteiger partial charge on any atom is -0.383 e. The van der Waals surface area contributed by atoms with Gasteiger partial charge in [0.15, 0.2) is 0 Å². The summed E-state index contributed by atoms with van der Waals surface area (Å²) in [5.41, 5.74) is 6.78. The molecule has 4 N–H and O–H groups in total. The predicted octanol–water partition coefficient (Wildman–Crippen LogP) is 0.995. The molecular formula is C16H21N5O3. The Morgan fingerprint density at radius 3 is 2.50 bits per heavy atom. The molecule has 0 aliphatic rings. The van der Waals surface area contributed by atoms with Crippen molar-refractivity contribution in [3.63, 3.8) is 0 Å². The number of amides is 2. The summed E-state index contributed by atoms with van der Waals surface area (Å²) >= 11 is 0. The molecule has 1 aromatic heterocycles. The van der Waals surface area contributed by atoms with E-state index < -0.39 is 12.1 Å². The zero-order valence-corrected chi connectivity index (χ0v) is 13.6. The van der Waals surface area contributed by atoms with E-state index in [9.17, 15) is 9.59 Å². The molecule has 2 atom stereocenters. The Hall–Kier alpha value is -2.71. The van der Waals surface area contributed by atoms with Crippen LogP contribution in [0.15, 0.2) is 42.7 Å². The molecule has 2 aromatic rings. The Bertz CT molecular complexity index is 687. The fourth-order valence-corrected chi connectivity index (χ4v) is 2.04. The van der Waals surface area contributed by atoms with Crippen LogP contribution < -0.4 is 16.4 Å². The summed E-state index contributed by atoms with van der Waals surface area (Å²) in [5, 5.41) is 9.52. The molecule has 0 spiro atoms. The molecule has 0 aliphatic carbocycles. The van der Waals surface area contributed by atoms with Gasteiger partial charge in [-0.15, -0.1) is 0 Å². The van der Waals surface area contributed by atoms with Gasteiger partial charge in [0.1, 0.15) is 12.1 Å². The third kappa shape index (κ3) is 4.64. The number of aromatic nitrogens is 2. The highest BCUT2D eigenvalue weighted by Crippen LogP contribution is 2.17. The molecule has 2 unspecified atom stereocenters. The van der Waals surface area contributed by atoms with E-state index in [-0.39, 0.29) is 18.4 Å². The number of rotatable bonds is 7. The van der Waals surface area contributed by atoms with Crippen LogP contribution in [0.3, 0.4) is 0 Å². The molecule has 2 amide bonds. The molecule has 0 saturated carbocycles. The molecule has 128 valence electrons. The van der Waals surface area contributed by atoms with Crippen molar-refractivity contribution in [1.82, 2.24) is 9.78 Å². The number of ether oxygens (including phenoxy) is 1. The van der Waals surface area contributed by atoms with Crippen LogP contribution in [0.4, 0.5) is 11.4 Å². The van der Waals surface area contributed by atoms with E-state index in [1.54, 1.807) is 54.3 Å². The maximum Gasteiger partial charge on any atom is 0.248 e. The van der Waals surface area contributed by atoms with Crippen molar-refractivity contribution in [2.45, 2.75) is 19.0 Å². The van der Waals surface area contributed by atoms with Crippen molar-refractivity contribution in [2.24, 2.45) is 5.73 Å². The summed E-state index contributed by atoms with van der Waals surface area (Å²) in [7, 11) is 1.48. The number of nitrogens with two attached hydrogens (primary N) is 1. The van der Waals surface area contributed by atoms with Crippen LogP contribution in [-0.2, 0) is 14.3 Å². The standard InChI is InChI=1S/C16H21N5O3/c1-11(21-8-4-7-18-21)15(22)19-12-5-3-6-13(9-12)20-16(23)14(17)10-24-2/h3-9,11,14H,10,17H2,1-2H3,(H,19,22)(H,20,23). The first kappa shape index (κ1) is 17.6. The lowest BCUT2D eigenvalue weighted by Gasteiger charge is -2.14. The minimum absolute atomic E-state index is 0.129. The van der Waals surface area contributed by atoms with Gasteiger partial charge in [-0.05, 0) is 31.2 Å². The van der Waals surface area contributed by atoms with Gasteiger partial charge < -0.3 is 21.1 Å². The number of hydrogen-bond donors (Lipinski definition) is 3. The lowest BCUT2D eigenvalue weighted by Crippen LogP contribution is -2.39. The largest absolute Gasteiger partial charge is 0.383 e. The molecule has 1 aromatic carbocycles. The monoisotopic (exact) mass is 331 g/mol. The van der Waals surface area contributed by atoms with Crippen LogP contribution in [0.25, 0.3) is 0 Å². The second-order valence-corrected chi connectivity index (χ2v) is 5.28. The molecule has 24 heavy (non-hydrogen) atoms. The van der Waals surface area contributed by atoms with Crippen molar-refractivity contribution in [3.8, 4) is 0 Å². The van der Waals surface area contributed by atoms with E-state index >= 15 is 0 Å². The number of nitrogens with zero attached hydrogens (tertiary/aromatic N) is 2. The summed E-state index contributed by atoms with van der Waals surface area (Å²) in [6, 6.07) is 7.38. The smallest absolute Gasteiger partial charge is 0.248 e. The second kappa shape index (κ2) is 8.23. The number of carbonyl (C=O) groups excluding carboxylic acids is 2. The Balaban J connectivity index is 2.00. The second-order valence-electron chi connectivity index (χ2n) is 5.28. The number of hydrogen-bond acceptors (Lipinski definition) is 5. The third-order valence-electron chi connectivity index (χ3n) is 3.38. The van der Waals surface area contributed by atoms with Crippen LogP contribution in [-0.4, -0.2) is 41.4 Å². The molecule has 1 heterocycles. The fourth-order valence-electron chi connectivity index (χ4n) is 2.04. The summed E-state index contributed by atoms with van der Waals surface area (Å²) in [4.78, 5) is 24.1. The van der Waals surface area contributed by atoms with E-state index in [1.807, 2.05) is 0 Å². The molecular weight excluding hydrogens is 310 g/mol. The Kier molecular flexibility index (Phi) is 6.05. The Morgan fingerprint density at radius 1 is 1.25 bits per heavy atom. The van der Waals surface area contributed by atoms with Crippen molar-refractivity contribution in [3.05, 3.63) is 42.7 Å². The normalized spacial score (nSPS) is 13.1. The zero-order valence-electron chi connectivity index (χ0n) is 13.6. The molecule has 8 nitrogen and oxygen atoms in total. The average molecular weight is 331 g/mol. The maximum atomic E-state index is 12.2. The van der Waals surface area contributed by atoms with E-state index in [0.717, 1.165) is 0 Å². The quantitative estimate of drug-likeness (QED) is 0.701. The van der Waals surface area contributed by atoms with Gasteiger partial charge in [-0.2, -0.15) is 5.10 Å². The van der Waals surface area contributed by atoms with E-state index in [0.29, 0.717) is 11.4 Å². The molecule has 0 fully saturated rings. The summed E-state index contributed by atoms with van der Waals surface area (Å²) < 4.78 is 6.41. The first-order chi connectivity index (χ1) is 11.5. The van der Waals surface area contributed by atoms with Gasteiger partial charge in [-0.3, -0.25) is 14.3 Å². The molecule has 0 aliphatic heterocycles. The SMILES string of the molecule is COCC(N)C(=O)Nc1cccc(NC(=O)C(C)n2cccn2)c1. The van der Waals surface area contributed by atoms with Crippen LogP contribution in [0.1, 0.15) is 13.0 Å². The van der Waals surface area contributed by atoms with Crippen molar-refractivity contribution in [2.75, 3.05) is 24.4 Å². The van der Waals surface area contributed by atoms with Gasteiger partial charge in [0.2, 0.25) is 11.8 Å². The number of anilines is 2. The first-order valence-electron chi connectivity index (χ1n) is 7.46. The van der Waals surface area contributed by atoms with Gasteiger partial charge in [0.25, 0.3) is 0 Å². The van der Waals surface area contributed by atoms with Crippen LogP contribution in [0.2, 0.25) is 0 Å². The van der Waals surface area contributed by atoms with E-state index in [4.69, 9.17) is 10.5 Å². The van der Waals surface area contributed by atoms with Crippen LogP contribution >= 0.6 is 0 Å². The lowest BCUT2D eigenvalue weighted by molar-refractivity contribution is -0.119. The Morgan fingerprint density at radius 2 is 1.92 bits per heavy atom. The average Bonchev–Trinajstić information content (AvgIpc) is 3.09. The predicted molar refractivity (Wildman–Crippen MR) is 90.5 cm³/mol. The van der Waals surface area contributed by atoms with Gasteiger partial charge in [-0.25, -0.2) is 0 Å². The van der Waals surface area contributed by atoms with Gasteiger partial charge in [-0.1, -0.05) is 6.07 Å². The molecule has 0 saturated heterocycles. The highest BCUT2D eigenvalue weighted by atomic mass is 16.5. The molecule has 2 rings (SSSR count). The van der Waals surface area contributed by atoms with Crippen molar-refractivity contribution < 1.29 is 14.3 Å². The van der Waals surface area contributed by atoms with Gasteiger partial charge in [0, 0.05) is 30.9 Å².